The van der Waals surface area contributed by atoms with Crippen molar-refractivity contribution in [1.29, 1.82) is 0 Å². The largest absolute Gasteiger partial charge is 0.451 e. The number of benzene rings is 2. The second-order valence-corrected chi connectivity index (χ2v) is 9.97. The first-order valence-electron chi connectivity index (χ1n) is 9.21. The van der Waals surface area contributed by atoms with Gasteiger partial charge in [0.2, 0.25) is 16.0 Å². The van der Waals surface area contributed by atoms with Crippen molar-refractivity contribution >= 4 is 50.1 Å². The average molecular weight is 483 g/mol. The second kappa shape index (κ2) is 7.45. The minimum Gasteiger partial charge on any atom is -0.451 e. The molecule has 12 heteroatoms. The van der Waals surface area contributed by atoms with Crippen LogP contribution in [0.2, 0.25) is 5.02 Å². The molecule has 4 rings (SSSR count). The topological polar surface area (TPSA) is 118 Å². The number of amides is 1. The molecule has 2 aromatic carbocycles. The molecular weight excluding hydrogens is 466 g/mol. The maximum absolute atomic E-state index is 14.7. The monoisotopic (exact) mass is 482 g/mol. The van der Waals surface area contributed by atoms with E-state index in [0.29, 0.717) is 16.0 Å². The number of guanidine groups is 1. The highest BCUT2D eigenvalue weighted by Crippen LogP contribution is 2.36. The second-order valence-electron chi connectivity index (χ2n) is 7.53. The number of nitrogens with one attached hydrogen (secondary N) is 1. The molecule has 3 N–H and O–H groups in total. The van der Waals surface area contributed by atoms with E-state index in [1.54, 1.807) is 18.2 Å². The zero-order chi connectivity index (χ0) is 23.4. The third-order valence-corrected chi connectivity index (χ3v) is 7.32. The normalized spacial score (nSPS) is 20.3. The highest BCUT2D eigenvalue weighted by atomic mass is 35.5. The van der Waals surface area contributed by atoms with Crippen molar-refractivity contribution in [3.05, 3.63) is 64.4 Å². The number of rotatable bonds is 3. The summed E-state index contributed by atoms with van der Waals surface area (Å²) in [6, 6.07) is 8.14. The fourth-order valence-electron chi connectivity index (χ4n) is 3.46. The molecule has 0 saturated heterocycles. The van der Waals surface area contributed by atoms with Crippen molar-refractivity contribution in [2.24, 2.45) is 10.7 Å². The van der Waals surface area contributed by atoms with Gasteiger partial charge in [-0.05, 0) is 37.3 Å². The van der Waals surface area contributed by atoms with E-state index in [1.165, 1.54) is 20.0 Å². The molecule has 32 heavy (non-hydrogen) atoms. The molecule has 1 amide bonds. The Bertz CT molecular complexity index is 1410. The molecular formula is C20H17ClF2N4O4S. The van der Waals surface area contributed by atoms with E-state index < -0.39 is 38.9 Å². The first-order valence-corrected chi connectivity index (χ1v) is 11.2. The summed E-state index contributed by atoms with van der Waals surface area (Å²) in [7, 11) is -2.71. The van der Waals surface area contributed by atoms with Crippen LogP contribution < -0.4 is 11.1 Å². The minimum atomic E-state index is -3.92. The Morgan fingerprint density at radius 1 is 1.28 bits per heavy atom. The predicted molar refractivity (Wildman–Crippen MR) is 116 cm³/mol. The summed E-state index contributed by atoms with van der Waals surface area (Å²) in [5.74, 6) is -4.40. The van der Waals surface area contributed by atoms with Gasteiger partial charge in [-0.3, -0.25) is 4.79 Å². The summed E-state index contributed by atoms with van der Waals surface area (Å²) in [5, 5.41) is 3.47. The molecule has 1 aliphatic rings. The van der Waals surface area contributed by atoms with Gasteiger partial charge in [-0.25, -0.2) is 26.5 Å². The lowest BCUT2D eigenvalue weighted by atomic mass is 9.93. The highest BCUT2D eigenvalue weighted by Gasteiger charge is 2.42. The fourth-order valence-corrected chi connectivity index (χ4v) is 5.09. The zero-order valence-corrected chi connectivity index (χ0v) is 18.4. The van der Waals surface area contributed by atoms with Gasteiger partial charge in [0.25, 0.3) is 5.91 Å². The Balaban J connectivity index is 1.71. The summed E-state index contributed by atoms with van der Waals surface area (Å²) >= 11 is 5.93. The maximum atomic E-state index is 14.7. The van der Waals surface area contributed by atoms with E-state index >= 15 is 0 Å². The van der Waals surface area contributed by atoms with Crippen LogP contribution in [-0.2, 0) is 15.6 Å². The third kappa shape index (κ3) is 3.78. The van der Waals surface area contributed by atoms with Crippen LogP contribution in [0.3, 0.4) is 0 Å². The van der Waals surface area contributed by atoms with E-state index in [9.17, 15) is 22.0 Å². The Kier molecular flexibility index (Phi) is 5.13. The zero-order valence-electron chi connectivity index (χ0n) is 16.8. The first kappa shape index (κ1) is 22.0. The minimum absolute atomic E-state index is 0.0797. The SMILES string of the molecule is CN1C(N)=N[C@](C)(c2cc(NC(=O)c3cc4cc(Cl)ccc4o3)cc(F)c2F)CS1(=O)=O. The predicted octanol–water partition coefficient (Wildman–Crippen LogP) is 3.42. The van der Waals surface area contributed by atoms with Gasteiger partial charge in [0.15, 0.2) is 17.4 Å². The van der Waals surface area contributed by atoms with Crippen molar-refractivity contribution in [1.82, 2.24) is 4.31 Å². The molecule has 0 saturated carbocycles. The number of carbonyl (C=O) groups is 1. The maximum Gasteiger partial charge on any atom is 0.291 e. The Morgan fingerprint density at radius 3 is 2.69 bits per heavy atom. The average Bonchev–Trinajstić information content (AvgIpc) is 3.11. The Hall–Kier alpha value is -3.18. The van der Waals surface area contributed by atoms with E-state index in [1.807, 2.05) is 0 Å². The van der Waals surface area contributed by atoms with Crippen LogP contribution >= 0.6 is 11.6 Å². The smallest absolute Gasteiger partial charge is 0.291 e. The Labute approximate surface area is 186 Å². The first-order chi connectivity index (χ1) is 14.9. The number of sulfonamides is 1. The van der Waals surface area contributed by atoms with Crippen molar-refractivity contribution in [2.75, 3.05) is 18.1 Å². The van der Waals surface area contributed by atoms with Crippen LogP contribution in [-0.4, -0.2) is 37.4 Å². The standard InChI is InChI=1S/C20H17ClF2N4O4S/c1-20(9-32(29,30)27(2)19(24)26-20)13-7-12(8-14(22)17(13)23)25-18(28)16-6-10-5-11(21)3-4-15(10)31-16/h3-8H,9H2,1-2H3,(H2,24,26)(H,25,28)/t20-/m0/s1. The molecule has 0 spiro atoms. The molecule has 0 radical (unpaired) electrons. The molecule has 0 aliphatic carbocycles. The lowest BCUT2D eigenvalue weighted by molar-refractivity contribution is 0.0998. The van der Waals surface area contributed by atoms with Gasteiger partial charge in [0.1, 0.15) is 11.1 Å². The van der Waals surface area contributed by atoms with Crippen LogP contribution in [0.4, 0.5) is 14.5 Å². The molecule has 0 fully saturated rings. The van der Waals surface area contributed by atoms with Crippen LogP contribution in [0.5, 0.6) is 0 Å². The summed E-state index contributed by atoms with van der Waals surface area (Å²) in [6.45, 7) is 1.32. The molecule has 2 heterocycles. The van der Waals surface area contributed by atoms with Gasteiger partial charge < -0.3 is 15.5 Å². The number of nitrogens with zero attached hydrogens (tertiary/aromatic N) is 2. The van der Waals surface area contributed by atoms with Gasteiger partial charge >= 0.3 is 0 Å². The van der Waals surface area contributed by atoms with Crippen molar-refractivity contribution in [3.8, 4) is 0 Å². The van der Waals surface area contributed by atoms with E-state index in [4.69, 9.17) is 21.8 Å². The van der Waals surface area contributed by atoms with Crippen LogP contribution in [0.15, 0.2) is 45.8 Å². The number of hydrogen-bond donors (Lipinski definition) is 2. The molecule has 0 unspecified atom stereocenters. The lowest BCUT2D eigenvalue weighted by Gasteiger charge is -2.34. The van der Waals surface area contributed by atoms with Gasteiger partial charge in [0, 0.05) is 34.8 Å². The van der Waals surface area contributed by atoms with Crippen LogP contribution in [0.1, 0.15) is 23.0 Å². The summed E-state index contributed by atoms with van der Waals surface area (Å²) in [6.07, 6.45) is 0. The molecule has 1 aliphatic heterocycles. The van der Waals surface area contributed by atoms with Crippen molar-refractivity contribution in [3.63, 3.8) is 0 Å². The number of halogens is 3. The number of aliphatic imine (C=N–C) groups is 1. The van der Waals surface area contributed by atoms with Crippen LogP contribution in [0.25, 0.3) is 11.0 Å². The number of hydrogen-bond acceptors (Lipinski definition) is 6. The van der Waals surface area contributed by atoms with Gasteiger partial charge in [-0.15, -0.1) is 0 Å². The molecule has 0 bridgehead atoms. The van der Waals surface area contributed by atoms with Gasteiger partial charge in [-0.2, -0.15) is 0 Å². The molecule has 168 valence electrons. The number of anilines is 1. The number of nitrogens with two attached hydrogens (primary N) is 1. The number of fused-ring (bicyclic) bond motifs is 1. The van der Waals surface area contributed by atoms with Gasteiger partial charge in [-0.1, -0.05) is 11.6 Å². The summed E-state index contributed by atoms with van der Waals surface area (Å²) < 4.78 is 60.1. The molecule has 3 aromatic rings. The highest BCUT2D eigenvalue weighted by molar-refractivity contribution is 7.89. The van der Waals surface area contributed by atoms with E-state index in [2.05, 4.69) is 10.3 Å². The summed E-state index contributed by atoms with van der Waals surface area (Å²) in [4.78, 5) is 16.7. The van der Waals surface area contributed by atoms with Crippen molar-refractivity contribution in [2.45, 2.75) is 12.5 Å². The molecule has 1 aromatic heterocycles. The number of carbonyl (C=O) groups excluding carboxylic acids is 1. The van der Waals surface area contributed by atoms with Gasteiger partial charge in [0.05, 0.1) is 5.75 Å². The molecule has 1 atom stereocenters. The Morgan fingerprint density at radius 2 is 2.00 bits per heavy atom. The van der Waals surface area contributed by atoms with Crippen LogP contribution in [0, 0.1) is 11.6 Å². The lowest BCUT2D eigenvalue weighted by Crippen LogP contribution is -2.50. The summed E-state index contributed by atoms with van der Waals surface area (Å²) in [5.41, 5.74) is 3.90. The van der Waals surface area contributed by atoms with E-state index in [0.717, 1.165) is 16.4 Å². The van der Waals surface area contributed by atoms with Crippen molar-refractivity contribution < 1.29 is 26.4 Å². The fraction of sp³-hybridized carbons (Fsp3) is 0.200. The number of furan rings is 1. The molecule has 8 nitrogen and oxygen atoms in total. The quantitative estimate of drug-likeness (QED) is 0.593. The third-order valence-electron chi connectivity index (χ3n) is 5.13. The van der Waals surface area contributed by atoms with E-state index in [-0.39, 0.29) is 23.0 Å².